The van der Waals surface area contributed by atoms with Crippen molar-refractivity contribution < 1.29 is 24.2 Å². The molecule has 6 nitrogen and oxygen atoms in total. The first-order valence-corrected chi connectivity index (χ1v) is 7.50. The smallest absolute Gasteiger partial charge is 0.303 e. The second-order valence-corrected chi connectivity index (χ2v) is 5.30. The number of para-hydroxylation sites is 2. The van der Waals surface area contributed by atoms with Gasteiger partial charge in [-0.05, 0) is 31.9 Å². The molecule has 0 spiro atoms. The van der Waals surface area contributed by atoms with Gasteiger partial charge in [0.25, 0.3) is 5.91 Å². The van der Waals surface area contributed by atoms with Crippen LogP contribution in [0.5, 0.6) is 11.5 Å². The van der Waals surface area contributed by atoms with Crippen LogP contribution in [0, 0.1) is 0 Å². The zero-order valence-corrected chi connectivity index (χ0v) is 12.6. The van der Waals surface area contributed by atoms with Crippen LogP contribution >= 0.6 is 0 Å². The SMILES string of the molecule is CC1Oc2ccccc2OC1C(=O)NCCCCCC(=O)O. The fourth-order valence-corrected chi connectivity index (χ4v) is 2.30. The topological polar surface area (TPSA) is 84.9 Å². The van der Waals surface area contributed by atoms with Crippen LogP contribution in [0.3, 0.4) is 0 Å². The summed E-state index contributed by atoms with van der Waals surface area (Å²) < 4.78 is 11.4. The number of hydrogen-bond acceptors (Lipinski definition) is 4. The number of carbonyl (C=O) groups is 2. The lowest BCUT2D eigenvalue weighted by Gasteiger charge is -2.31. The Morgan fingerprint density at radius 3 is 2.50 bits per heavy atom. The van der Waals surface area contributed by atoms with E-state index in [-0.39, 0.29) is 18.4 Å². The van der Waals surface area contributed by atoms with Crippen LogP contribution in [0.1, 0.15) is 32.6 Å². The maximum Gasteiger partial charge on any atom is 0.303 e. The lowest BCUT2D eigenvalue weighted by atomic mass is 10.1. The van der Waals surface area contributed by atoms with E-state index in [1.807, 2.05) is 18.2 Å². The molecular formula is C16H21NO5. The number of aliphatic carboxylic acids is 1. The quantitative estimate of drug-likeness (QED) is 0.752. The summed E-state index contributed by atoms with van der Waals surface area (Å²) in [6.07, 6.45) is 1.28. The Morgan fingerprint density at radius 1 is 1.14 bits per heavy atom. The minimum Gasteiger partial charge on any atom is -0.482 e. The fraction of sp³-hybridized carbons (Fsp3) is 0.500. The average molecular weight is 307 g/mol. The van der Waals surface area contributed by atoms with E-state index in [0.29, 0.717) is 24.5 Å². The van der Waals surface area contributed by atoms with Gasteiger partial charge in [0.05, 0.1) is 0 Å². The summed E-state index contributed by atoms with van der Waals surface area (Å²) in [7, 11) is 0. The second kappa shape index (κ2) is 7.68. The highest BCUT2D eigenvalue weighted by molar-refractivity contribution is 5.82. The van der Waals surface area contributed by atoms with Gasteiger partial charge in [-0.2, -0.15) is 0 Å². The average Bonchev–Trinajstić information content (AvgIpc) is 2.49. The Labute approximate surface area is 129 Å². The van der Waals surface area contributed by atoms with Crippen molar-refractivity contribution in [2.45, 2.75) is 44.8 Å². The molecule has 2 N–H and O–H groups in total. The Balaban J connectivity index is 1.75. The van der Waals surface area contributed by atoms with Crippen molar-refractivity contribution in [3.8, 4) is 11.5 Å². The molecule has 120 valence electrons. The van der Waals surface area contributed by atoms with Crippen molar-refractivity contribution in [1.29, 1.82) is 0 Å². The van der Waals surface area contributed by atoms with Gasteiger partial charge in [-0.25, -0.2) is 0 Å². The van der Waals surface area contributed by atoms with Crippen LogP contribution < -0.4 is 14.8 Å². The predicted octanol–water partition coefficient (Wildman–Crippen LogP) is 1.98. The first kappa shape index (κ1) is 16.1. The molecular weight excluding hydrogens is 286 g/mol. The van der Waals surface area contributed by atoms with Crippen molar-refractivity contribution in [1.82, 2.24) is 5.32 Å². The van der Waals surface area contributed by atoms with Crippen LogP contribution in [-0.4, -0.2) is 35.7 Å². The Morgan fingerprint density at radius 2 is 1.82 bits per heavy atom. The van der Waals surface area contributed by atoms with Gasteiger partial charge in [0.1, 0.15) is 6.10 Å². The van der Waals surface area contributed by atoms with Crippen molar-refractivity contribution in [3.05, 3.63) is 24.3 Å². The molecule has 6 heteroatoms. The molecule has 22 heavy (non-hydrogen) atoms. The zero-order chi connectivity index (χ0) is 15.9. The van der Waals surface area contributed by atoms with E-state index < -0.39 is 12.1 Å². The number of fused-ring (bicyclic) bond motifs is 1. The van der Waals surface area contributed by atoms with Gasteiger partial charge in [0.2, 0.25) is 6.10 Å². The highest BCUT2D eigenvalue weighted by atomic mass is 16.6. The summed E-state index contributed by atoms with van der Waals surface area (Å²) in [6.45, 7) is 2.31. The first-order chi connectivity index (χ1) is 10.6. The minimum absolute atomic E-state index is 0.168. The maximum absolute atomic E-state index is 12.1. The molecule has 0 fully saturated rings. The number of nitrogens with one attached hydrogen (secondary N) is 1. The number of unbranched alkanes of at least 4 members (excludes halogenated alkanes) is 2. The maximum atomic E-state index is 12.1. The number of carbonyl (C=O) groups excluding carboxylic acids is 1. The van der Waals surface area contributed by atoms with Gasteiger partial charge in [0, 0.05) is 13.0 Å². The van der Waals surface area contributed by atoms with Crippen LogP contribution in [0.4, 0.5) is 0 Å². The highest BCUT2D eigenvalue weighted by Crippen LogP contribution is 2.33. The van der Waals surface area contributed by atoms with E-state index in [9.17, 15) is 9.59 Å². The van der Waals surface area contributed by atoms with Gasteiger partial charge in [-0.1, -0.05) is 18.6 Å². The van der Waals surface area contributed by atoms with Gasteiger partial charge < -0.3 is 19.9 Å². The highest BCUT2D eigenvalue weighted by Gasteiger charge is 2.33. The molecule has 2 rings (SSSR count). The van der Waals surface area contributed by atoms with Crippen molar-refractivity contribution >= 4 is 11.9 Å². The van der Waals surface area contributed by atoms with E-state index in [1.54, 1.807) is 13.0 Å². The fourth-order valence-electron chi connectivity index (χ4n) is 2.30. The summed E-state index contributed by atoms with van der Waals surface area (Å²) in [6, 6.07) is 7.26. The lowest BCUT2D eigenvalue weighted by molar-refractivity contribution is -0.137. The number of rotatable bonds is 7. The summed E-state index contributed by atoms with van der Waals surface area (Å²) in [5, 5.41) is 11.3. The predicted molar refractivity (Wildman–Crippen MR) is 80.1 cm³/mol. The van der Waals surface area contributed by atoms with Crippen LogP contribution in [0.15, 0.2) is 24.3 Å². The van der Waals surface area contributed by atoms with E-state index in [1.165, 1.54) is 0 Å². The Kier molecular flexibility index (Phi) is 5.63. The Hall–Kier alpha value is -2.24. The lowest BCUT2D eigenvalue weighted by Crippen LogP contribution is -2.49. The van der Waals surface area contributed by atoms with E-state index in [2.05, 4.69) is 5.32 Å². The molecule has 1 heterocycles. The molecule has 1 amide bonds. The molecule has 1 aromatic rings. The first-order valence-electron chi connectivity index (χ1n) is 7.50. The summed E-state index contributed by atoms with van der Waals surface area (Å²) in [5.41, 5.74) is 0. The van der Waals surface area contributed by atoms with Gasteiger partial charge in [-0.3, -0.25) is 9.59 Å². The zero-order valence-electron chi connectivity index (χ0n) is 12.6. The van der Waals surface area contributed by atoms with Gasteiger partial charge in [-0.15, -0.1) is 0 Å². The standard InChI is InChI=1S/C16H21NO5/c1-11-15(22-13-8-5-4-7-12(13)21-11)16(20)17-10-6-2-3-9-14(18)19/h4-5,7-8,11,15H,2-3,6,9-10H2,1H3,(H,17,20)(H,18,19). The van der Waals surface area contributed by atoms with Crippen LogP contribution in [0.2, 0.25) is 0 Å². The minimum atomic E-state index is -0.788. The van der Waals surface area contributed by atoms with Crippen LogP contribution in [0.25, 0.3) is 0 Å². The van der Waals surface area contributed by atoms with Crippen LogP contribution in [-0.2, 0) is 9.59 Å². The number of carboxylic acids is 1. The monoisotopic (exact) mass is 307 g/mol. The molecule has 0 aromatic heterocycles. The molecule has 2 atom stereocenters. The van der Waals surface area contributed by atoms with Gasteiger partial charge >= 0.3 is 5.97 Å². The molecule has 0 saturated heterocycles. The van der Waals surface area contributed by atoms with Crippen molar-refractivity contribution in [2.24, 2.45) is 0 Å². The molecule has 1 aromatic carbocycles. The third-order valence-electron chi connectivity index (χ3n) is 3.47. The third-order valence-corrected chi connectivity index (χ3v) is 3.47. The third kappa shape index (κ3) is 4.38. The molecule has 1 aliphatic heterocycles. The molecule has 0 bridgehead atoms. The van der Waals surface area contributed by atoms with Crippen molar-refractivity contribution in [2.75, 3.05) is 6.54 Å². The summed E-state index contributed by atoms with van der Waals surface area (Å²) in [5.74, 6) is 0.222. The number of benzene rings is 1. The largest absolute Gasteiger partial charge is 0.482 e. The second-order valence-electron chi connectivity index (χ2n) is 5.30. The molecule has 0 aliphatic carbocycles. The van der Waals surface area contributed by atoms with E-state index in [0.717, 1.165) is 12.8 Å². The summed E-state index contributed by atoms with van der Waals surface area (Å²) >= 11 is 0. The van der Waals surface area contributed by atoms with Crippen molar-refractivity contribution in [3.63, 3.8) is 0 Å². The number of hydrogen-bond donors (Lipinski definition) is 2. The normalized spacial score (nSPS) is 19.5. The van der Waals surface area contributed by atoms with E-state index >= 15 is 0 Å². The van der Waals surface area contributed by atoms with E-state index in [4.69, 9.17) is 14.6 Å². The number of amides is 1. The molecule has 1 aliphatic rings. The summed E-state index contributed by atoms with van der Waals surface area (Å²) in [4.78, 5) is 22.5. The van der Waals surface area contributed by atoms with Gasteiger partial charge in [0.15, 0.2) is 11.5 Å². The molecule has 2 unspecified atom stereocenters. The number of carboxylic acid groups (broad SMARTS) is 1. The number of ether oxygens (including phenoxy) is 2. The molecule has 0 radical (unpaired) electrons. The molecule has 0 saturated carbocycles. The Bertz CT molecular complexity index is 531.